The highest BCUT2D eigenvalue weighted by molar-refractivity contribution is 7.90. The van der Waals surface area contributed by atoms with Crippen molar-refractivity contribution in [1.29, 1.82) is 0 Å². The molecule has 0 fully saturated rings. The quantitative estimate of drug-likeness (QED) is 0.339. The SMILES string of the molecule is CCOC(=O)Oc1cnc(N)c2c(COc3cccc(S(=O)(=O)Cc4ccccc4)c3)csc12. The molecule has 4 rings (SSSR count). The van der Waals surface area contributed by atoms with Crippen LogP contribution in [0.5, 0.6) is 11.5 Å². The number of hydrogen-bond donors (Lipinski definition) is 1. The van der Waals surface area contributed by atoms with Crippen molar-refractivity contribution in [3.05, 3.63) is 77.3 Å². The number of carbonyl (C=O) groups is 1. The van der Waals surface area contributed by atoms with E-state index >= 15 is 0 Å². The van der Waals surface area contributed by atoms with E-state index in [-0.39, 0.29) is 35.4 Å². The summed E-state index contributed by atoms with van der Waals surface area (Å²) in [5, 5.41) is 2.44. The Hall–Kier alpha value is -3.63. The zero-order valence-electron chi connectivity index (χ0n) is 18.3. The largest absolute Gasteiger partial charge is 0.513 e. The third kappa shape index (κ3) is 5.29. The lowest BCUT2D eigenvalue weighted by molar-refractivity contribution is 0.105. The maximum Gasteiger partial charge on any atom is 0.513 e. The second-order valence-corrected chi connectivity index (χ2v) is 10.1. The third-order valence-electron chi connectivity index (χ3n) is 4.88. The average molecular weight is 499 g/mol. The van der Waals surface area contributed by atoms with Crippen LogP contribution >= 0.6 is 11.3 Å². The maximum absolute atomic E-state index is 12.8. The summed E-state index contributed by atoms with van der Waals surface area (Å²) in [6, 6.07) is 15.4. The van der Waals surface area contributed by atoms with Gasteiger partial charge in [0.05, 0.1) is 28.2 Å². The van der Waals surface area contributed by atoms with E-state index in [1.807, 2.05) is 11.4 Å². The number of anilines is 1. The number of ether oxygens (including phenoxy) is 3. The Morgan fingerprint density at radius 2 is 1.91 bits per heavy atom. The molecule has 176 valence electrons. The minimum Gasteiger partial charge on any atom is -0.489 e. The molecule has 0 atom stereocenters. The van der Waals surface area contributed by atoms with Gasteiger partial charge in [0.15, 0.2) is 15.6 Å². The van der Waals surface area contributed by atoms with Crippen LogP contribution in [0.4, 0.5) is 10.6 Å². The molecule has 34 heavy (non-hydrogen) atoms. The van der Waals surface area contributed by atoms with Crippen molar-refractivity contribution in [3.8, 4) is 11.5 Å². The molecule has 0 bridgehead atoms. The molecule has 10 heteroatoms. The summed E-state index contributed by atoms with van der Waals surface area (Å²) in [4.78, 5) is 16.0. The number of nitrogens with zero attached hydrogens (tertiary/aromatic N) is 1. The van der Waals surface area contributed by atoms with Crippen LogP contribution in [0.3, 0.4) is 0 Å². The lowest BCUT2D eigenvalue weighted by atomic mass is 10.2. The first kappa shape index (κ1) is 23.5. The Kier molecular flexibility index (Phi) is 6.99. The van der Waals surface area contributed by atoms with E-state index in [1.165, 1.54) is 23.6 Å². The molecular formula is C24H22N2O6S2. The number of sulfone groups is 1. The molecule has 2 N–H and O–H groups in total. The van der Waals surface area contributed by atoms with Crippen molar-refractivity contribution < 1.29 is 27.4 Å². The Labute approximate surface area is 200 Å². The molecule has 2 aromatic carbocycles. The van der Waals surface area contributed by atoms with E-state index in [9.17, 15) is 13.2 Å². The number of nitrogen functional groups attached to an aromatic ring is 1. The van der Waals surface area contributed by atoms with E-state index in [0.717, 1.165) is 5.56 Å². The van der Waals surface area contributed by atoms with Gasteiger partial charge in [-0.2, -0.15) is 0 Å². The second-order valence-electron chi connectivity index (χ2n) is 7.27. The van der Waals surface area contributed by atoms with E-state index in [1.54, 1.807) is 49.4 Å². The van der Waals surface area contributed by atoms with Crippen molar-refractivity contribution in [2.75, 3.05) is 12.3 Å². The van der Waals surface area contributed by atoms with Gasteiger partial charge in [0, 0.05) is 10.9 Å². The van der Waals surface area contributed by atoms with Crippen molar-refractivity contribution in [2.24, 2.45) is 0 Å². The minimum atomic E-state index is -3.54. The van der Waals surface area contributed by atoms with Crippen LogP contribution in [-0.2, 0) is 26.9 Å². The Bertz CT molecular complexity index is 1420. The van der Waals surface area contributed by atoms with Crippen LogP contribution in [0, 0.1) is 0 Å². The molecule has 8 nitrogen and oxygen atoms in total. The van der Waals surface area contributed by atoms with Gasteiger partial charge in [0.2, 0.25) is 0 Å². The van der Waals surface area contributed by atoms with E-state index in [4.69, 9.17) is 19.9 Å². The molecule has 0 unspecified atom stereocenters. The zero-order valence-corrected chi connectivity index (χ0v) is 19.9. The Balaban J connectivity index is 1.53. The molecule has 0 amide bonds. The van der Waals surface area contributed by atoms with Crippen molar-refractivity contribution in [2.45, 2.75) is 24.2 Å². The molecule has 0 saturated heterocycles. The number of carbonyl (C=O) groups excluding carboxylic acids is 1. The van der Waals surface area contributed by atoms with Gasteiger partial charge in [0.25, 0.3) is 0 Å². The number of nitrogens with two attached hydrogens (primary N) is 1. The normalized spacial score (nSPS) is 11.3. The lowest BCUT2D eigenvalue weighted by Crippen LogP contribution is -2.10. The number of thiophene rings is 1. The first-order valence-corrected chi connectivity index (χ1v) is 12.9. The number of pyridine rings is 1. The van der Waals surface area contributed by atoms with Crippen LogP contribution in [0.2, 0.25) is 0 Å². The Morgan fingerprint density at radius 1 is 1.12 bits per heavy atom. The standard InChI is InChI=1S/C24H22N2O6S2/c1-2-30-24(27)32-20-12-26-23(25)21-17(14-33-22(20)21)13-31-18-9-6-10-19(11-18)34(28,29)15-16-7-4-3-5-8-16/h3-12,14H,2,13,15H2,1H3,(H2,25,26). The van der Waals surface area contributed by atoms with Gasteiger partial charge in [-0.05, 0) is 36.1 Å². The Morgan fingerprint density at radius 3 is 2.68 bits per heavy atom. The maximum atomic E-state index is 12.8. The van der Waals surface area contributed by atoms with E-state index in [0.29, 0.717) is 21.4 Å². The monoisotopic (exact) mass is 498 g/mol. The van der Waals surface area contributed by atoms with Crippen LogP contribution < -0.4 is 15.2 Å². The lowest BCUT2D eigenvalue weighted by Gasteiger charge is -2.10. The second kappa shape index (κ2) is 10.1. The van der Waals surface area contributed by atoms with E-state index < -0.39 is 16.0 Å². The molecule has 0 saturated carbocycles. The van der Waals surface area contributed by atoms with Crippen LogP contribution in [0.25, 0.3) is 10.1 Å². The molecule has 0 aliphatic rings. The summed E-state index contributed by atoms with van der Waals surface area (Å²) < 4.78 is 42.3. The molecule has 2 aromatic heterocycles. The molecule has 0 radical (unpaired) electrons. The summed E-state index contributed by atoms with van der Waals surface area (Å²) >= 11 is 1.33. The fraction of sp³-hybridized carbons (Fsp3) is 0.167. The summed E-state index contributed by atoms with van der Waals surface area (Å²) in [5.41, 5.74) is 7.52. The summed E-state index contributed by atoms with van der Waals surface area (Å²) in [5.74, 6) is 0.815. The van der Waals surface area contributed by atoms with Gasteiger partial charge < -0.3 is 19.9 Å². The van der Waals surface area contributed by atoms with Gasteiger partial charge in [-0.15, -0.1) is 11.3 Å². The fourth-order valence-corrected chi connectivity index (χ4v) is 5.71. The predicted molar refractivity (Wildman–Crippen MR) is 130 cm³/mol. The third-order valence-corrected chi connectivity index (χ3v) is 7.61. The minimum absolute atomic E-state index is 0.0993. The molecule has 0 aliphatic heterocycles. The molecule has 0 aliphatic carbocycles. The zero-order chi connectivity index (χ0) is 24.1. The van der Waals surface area contributed by atoms with Gasteiger partial charge in [-0.3, -0.25) is 0 Å². The summed E-state index contributed by atoms with van der Waals surface area (Å²) in [7, 11) is -3.54. The van der Waals surface area contributed by atoms with Gasteiger partial charge in [0.1, 0.15) is 18.2 Å². The van der Waals surface area contributed by atoms with Crippen LogP contribution in [0.15, 0.2) is 71.1 Å². The highest BCUT2D eigenvalue weighted by atomic mass is 32.2. The van der Waals surface area contributed by atoms with Gasteiger partial charge in [-0.25, -0.2) is 18.2 Å². The number of aromatic nitrogens is 1. The number of rotatable bonds is 8. The number of hydrogen-bond acceptors (Lipinski definition) is 9. The van der Waals surface area contributed by atoms with Gasteiger partial charge >= 0.3 is 6.16 Å². The molecular weight excluding hydrogens is 476 g/mol. The molecule has 0 spiro atoms. The first-order chi connectivity index (χ1) is 16.4. The number of fused-ring (bicyclic) bond motifs is 1. The predicted octanol–water partition coefficient (Wildman–Crippen LogP) is 4.97. The topological polar surface area (TPSA) is 118 Å². The van der Waals surface area contributed by atoms with Crippen LogP contribution in [0.1, 0.15) is 18.1 Å². The smallest absolute Gasteiger partial charge is 0.489 e. The highest BCUT2D eigenvalue weighted by Crippen LogP contribution is 2.37. The highest BCUT2D eigenvalue weighted by Gasteiger charge is 2.18. The molecule has 4 aromatic rings. The summed E-state index contributed by atoms with van der Waals surface area (Å²) in [6.45, 7) is 1.99. The fourth-order valence-electron chi connectivity index (χ4n) is 3.32. The number of benzene rings is 2. The summed E-state index contributed by atoms with van der Waals surface area (Å²) in [6.07, 6.45) is 0.548. The van der Waals surface area contributed by atoms with Crippen LogP contribution in [-0.4, -0.2) is 26.2 Å². The van der Waals surface area contributed by atoms with Crippen molar-refractivity contribution in [1.82, 2.24) is 4.98 Å². The van der Waals surface area contributed by atoms with Crippen molar-refractivity contribution >= 4 is 43.2 Å². The first-order valence-electron chi connectivity index (χ1n) is 10.4. The van der Waals surface area contributed by atoms with Crippen molar-refractivity contribution in [3.63, 3.8) is 0 Å². The average Bonchev–Trinajstić information content (AvgIpc) is 3.26. The molecule has 2 heterocycles. The van der Waals surface area contributed by atoms with E-state index in [2.05, 4.69) is 4.98 Å². The van der Waals surface area contributed by atoms with Gasteiger partial charge in [-0.1, -0.05) is 36.4 Å².